The summed E-state index contributed by atoms with van der Waals surface area (Å²) >= 11 is 0. The highest BCUT2D eigenvalue weighted by Gasteiger charge is 2.59. The quantitative estimate of drug-likeness (QED) is 0.165. The van der Waals surface area contributed by atoms with Crippen molar-refractivity contribution in [2.45, 2.75) is 154 Å². The van der Waals surface area contributed by atoms with Crippen molar-refractivity contribution >= 4 is 17.6 Å². The number of methoxy groups -OCH3 is 1. The molecule has 0 spiro atoms. The molecule has 8 nitrogen and oxygen atoms in total. The van der Waals surface area contributed by atoms with Gasteiger partial charge in [0.1, 0.15) is 18.3 Å². The van der Waals surface area contributed by atoms with Crippen LogP contribution in [0.1, 0.15) is 117 Å². The lowest BCUT2D eigenvalue weighted by Crippen LogP contribution is -2.62. The number of anilines is 1. The van der Waals surface area contributed by atoms with Gasteiger partial charge in [-0.25, -0.2) is 9.69 Å². The van der Waals surface area contributed by atoms with E-state index >= 15 is 0 Å². The SMILES string of the molecule is CCCCCCCCCCCCCCCCN1C(=O)N(c2ccccc2)C(=O)C[C@H]1C1OC2OC(C)(C)OC2[C@H]1OC. The summed E-state index contributed by atoms with van der Waals surface area (Å²) in [6, 6.07) is 8.44. The molecule has 1 aromatic rings. The second-order valence-electron chi connectivity index (χ2n) is 12.7. The van der Waals surface area contributed by atoms with Crippen LogP contribution in [0.3, 0.4) is 0 Å². The van der Waals surface area contributed by atoms with Gasteiger partial charge >= 0.3 is 6.03 Å². The summed E-state index contributed by atoms with van der Waals surface area (Å²) in [5, 5.41) is 0. The van der Waals surface area contributed by atoms with Gasteiger partial charge in [0, 0.05) is 13.7 Å². The third-order valence-electron chi connectivity index (χ3n) is 8.92. The Kier molecular flexibility index (Phi) is 12.7. The van der Waals surface area contributed by atoms with Gasteiger partial charge < -0.3 is 23.8 Å². The Hall–Kier alpha value is -2.00. The molecule has 3 fully saturated rings. The molecule has 3 aliphatic rings. The molecule has 8 heteroatoms. The molecule has 0 aliphatic carbocycles. The fourth-order valence-corrected chi connectivity index (χ4v) is 6.70. The van der Waals surface area contributed by atoms with Crippen molar-refractivity contribution in [1.29, 1.82) is 0 Å². The van der Waals surface area contributed by atoms with E-state index in [1.54, 1.807) is 19.2 Å². The number of carbonyl (C=O) groups excluding carboxylic acids is 2. The minimum Gasteiger partial charge on any atom is -0.376 e. The molecule has 4 rings (SSSR count). The number of nitrogens with zero attached hydrogens (tertiary/aromatic N) is 2. The summed E-state index contributed by atoms with van der Waals surface area (Å²) in [5.74, 6) is -1.00. The zero-order chi connectivity index (χ0) is 30.0. The van der Waals surface area contributed by atoms with Crippen molar-refractivity contribution < 1.29 is 28.5 Å². The summed E-state index contributed by atoms with van der Waals surface area (Å²) in [6.07, 6.45) is 16.1. The number of ether oxygens (including phenoxy) is 4. The third kappa shape index (κ3) is 8.55. The molecule has 1 aromatic carbocycles. The Labute approximate surface area is 253 Å². The first-order valence-electron chi connectivity index (χ1n) is 16.6. The van der Waals surface area contributed by atoms with E-state index < -0.39 is 36.4 Å². The number of fused-ring (bicyclic) bond motifs is 1. The number of hydrogen-bond acceptors (Lipinski definition) is 6. The molecule has 5 atom stereocenters. The first kappa shape index (κ1) is 32.9. The summed E-state index contributed by atoms with van der Waals surface area (Å²) in [6.45, 7) is 6.54. The summed E-state index contributed by atoms with van der Waals surface area (Å²) in [7, 11) is 1.62. The molecule has 0 bridgehead atoms. The molecular formula is C34H54N2O6. The molecule has 3 unspecified atom stereocenters. The van der Waals surface area contributed by atoms with Crippen LogP contribution in [-0.4, -0.2) is 66.9 Å². The molecule has 0 radical (unpaired) electrons. The number of unbranched alkanes of at least 4 members (excludes halogenated alkanes) is 13. The van der Waals surface area contributed by atoms with Gasteiger partial charge in [-0.05, 0) is 32.4 Å². The van der Waals surface area contributed by atoms with Crippen LogP contribution in [0, 0.1) is 0 Å². The second kappa shape index (κ2) is 16.2. The molecular weight excluding hydrogens is 532 g/mol. The number of imide groups is 1. The van der Waals surface area contributed by atoms with Crippen molar-refractivity contribution in [3.05, 3.63) is 30.3 Å². The van der Waals surface area contributed by atoms with Gasteiger partial charge in [-0.15, -0.1) is 0 Å². The Morgan fingerprint density at radius 2 is 1.38 bits per heavy atom. The third-order valence-corrected chi connectivity index (χ3v) is 8.92. The maximum atomic E-state index is 13.9. The topological polar surface area (TPSA) is 77.5 Å². The number of hydrogen-bond donors (Lipinski definition) is 0. The van der Waals surface area contributed by atoms with E-state index in [1.165, 1.54) is 75.5 Å². The van der Waals surface area contributed by atoms with Crippen LogP contribution in [0.5, 0.6) is 0 Å². The van der Waals surface area contributed by atoms with E-state index in [2.05, 4.69) is 6.92 Å². The second-order valence-corrected chi connectivity index (χ2v) is 12.7. The van der Waals surface area contributed by atoms with Crippen LogP contribution in [0.2, 0.25) is 0 Å². The van der Waals surface area contributed by atoms with Crippen molar-refractivity contribution in [1.82, 2.24) is 4.90 Å². The van der Waals surface area contributed by atoms with E-state index in [0.29, 0.717) is 12.2 Å². The predicted octanol–water partition coefficient (Wildman–Crippen LogP) is 7.59. The number of carbonyl (C=O) groups is 2. The zero-order valence-electron chi connectivity index (χ0n) is 26.4. The fourth-order valence-electron chi connectivity index (χ4n) is 6.70. The number of amides is 3. The normalized spacial score (nSPS) is 27.2. The fraction of sp³-hybridized carbons (Fsp3) is 0.765. The molecule has 3 amide bonds. The molecule has 42 heavy (non-hydrogen) atoms. The van der Waals surface area contributed by atoms with Crippen LogP contribution in [-0.2, 0) is 23.7 Å². The highest BCUT2D eigenvalue weighted by atomic mass is 16.8. The summed E-state index contributed by atoms with van der Waals surface area (Å²) in [5.41, 5.74) is 0.595. The van der Waals surface area contributed by atoms with Crippen molar-refractivity contribution in [2.24, 2.45) is 0 Å². The van der Waals surface area contributed by atoms with E-state index in [0.717, 1.165) is 19.3 Å². The standard InChI is InChI=1S/C34H54N2O6/c1-5-6-7-8-9-10-11-12-13-14-15-16-17-21-24-35-27(25-28(37)36(33(35)38)26-22-19-18-20-23-26)29-30(39-4)31-32(40-29)42-34(2,3)41-31/h18-20,22-23,27,29-32H,5-17,21,24-25H2,1-4H3/t27-,29?,30-,31?,32?/m0/s1. The predicted molar refractivity (Wildman–Crippen MR) is 164 cm³/mol. The number of rotatable bonds is 18. The minimum atomic E-state index is -0.771. The molecule has 0 saturated carbocycles. The lowest BCUT2D eigenvalue weighted by Gasteiger charge is -2.43. The molecule has 0 N–H and O–H groups in total. The minimum absolute atomic E-state index is 0.159. The number of urea groups is 1. The molecule has 3 saturated heterocycles. The van der Waals surface area contributed by atoms with Crippen LogP contribution in [0.4, 0.5) is 10.5 Å². The molecule has 0 aromatic heterocycles. The maximum absolute atomic E-state index is 13.9. The van der Waals surface area contributed by atoms with Crippen LogP contribution in [0.25, 0.3) is 0 Å². The van der Waals surface area contributed by atoms with Gasteiger partial charge in [0.2, 0.25) is 5.91 Å². The Morgan fingerprint density at radius 1 is 0.810 bits per heavy atom. The summed E-state index contributed by atoms with van der Waals surface area (Å²) < 4.78 is 24.2. The Morgan fingerprint density at radius 3 is 1.95 bits per heavy atom. The van der Waals surface area contributed by atoms with Gasteiger partial charge in [-0.2, -0.15) is 0 Å². The van der Waals surface area contributed by atoms with E-state index in [4.69, 9.17) is 18.9 Å². The van der Waals surface area contributed by atoms with Gasteiger partial charge in [-0.3, -0.25) is 4.79 Å². The number of para-hydroxylation sites is 1. The molecule has 3 aliphatic heterocycles. The van der Waals surface area contributed by atoms with Crippen molar-refractivity contribution in [3.8, 4) is 0 Å². The van der Waals surface area contributed by atoms with Crippen molar-refractivity contribution in [3.63, 3.8) is 0 Å². The van der Waals surface area contributed by atoms with E-state index in [9.17, 15) is 9.59 Å². The molecule has 3 heterocycles. The zero-order valence-corrected chi connectivity index (χ0v) is 26.4. The van der Waals surface area contributed by atoms with Gasteiger partial charge in [-0.1, -0.05) is 109 Å². The Balaban J connectivity index is 1.28. The van der Waals surface area contributed by atoms with E-state index in [1.807, 2.05) is 36.9 Å². The van der Waals surface area contributed by atoms with Crippen LogP contribution in [0.15, 0.2) is 30.3 Å². The van der Waals surface area contributed by atoms with Crippen molar-refractivity contribution in [2.75, 3.05) is 18.6 Å². The highest BCUT2D eigenvalue weighted by molar-refractivity contribution is 6.16. The van der Waals surface area contributed by atoms with Gasteiger partial charge in [0.25, 0.3) is 0 Å². The maximum Gasteiger partial charge on any atom is 0.331 e. The number of benzene rings is 1. The lowest BCUT2D eigenvalue weighted by molar-refractivity contribution is -0.223. The lowest BCUT2D eigenvalue weighted by atomic mass is 9.96. The summed E-state index contributed by atoms with van der Waals surface area (Å²) in [4.78, 5) is 30.4. The molecule has 236 valence electrons. The first-order valence-corrected chi connectivity index (χ1v) is 16.6. The van der Waals surface area contributed by atoms with Crippen LogP contribution >= 0.6 is 0 Å². The van der Waals surface area contributed by atoms with Crippen LogP contribution < -0.4 is 4.90 Å². The van der Waals surface area contributed by atoms with Gasteiger partial charge in [0.15, 0.2) is 12.1 Å². The van der Waals surface area contributed by atoms with E-state index in [-0.39, 0.29) is 18.4 Å². The largest absolute Gasteiger partial charge is 0.376 e. The monoisotopic (exact) mass is 586 g/mol. The Bertz CT molecular complexity index is 972. The highest BCUT2D eigenvalue weighted by Crippen LogP contribution is 2.42. The smallest absolute Gasteiger partial charge is 0.331 e. The van der Waals surface area contributed by atoms with Gasteiger partial charge in [0.05, 0.1) is 18.2 Å². The average molecular weight is 587 g/mol. The average Bonchev–Trinajstić information content (AvgIpc) is 3.45. The first-order chi connectivity index (χ1) is 20.4.